The molecule has 0 fully saturated rings. The van der Waals surface area contributed by atoms with Gasteiger partial charge in [0.2, 0.25) is 0 Å². The molecule has 0 bridgehead atoms. The first kappa shape index (κ1) is 13.7. The molecule has 1 N–H and O–H groups in total. The number of carboxylic acids is 1. The van der Waals surface area contributed by atoms with E-state index < -0.39 is 11.9 Å². The summed E-state index contributed by atoms with van der Waals surface area (Å²) in [6, 6.07) is 9.71. The first-order chi connectivity index (χ1) is 9.16. The Bertz CT molecular complexity index is 539. The summed E-state index contributed by atoms with van der Waals surface area (Å²) in [5.74, 6) is -0.635. The van der Waals surface area contributed by atoms with Gasteiger partial charge in [-0.1, -0.05) is 42.1 Å². The second-order valence-electron chi connectivity index (χ2n) is 4.36. The number of thioether (sulfide) groups is 1. The molecule has 1 atom stereocenters. The molecule has 0 aliphatic heterocycles. The Morgan fingerprint density at radius 3 is 2.74 bits per heavy atom. The van der Waals surface area contributed by atoms with Crippen molar-refractivity contribution in [3.8, 4) is 0 Å². The van der Waals surface area contributed by atoms with Gasteiger partial charge in [0.15, 0.2) is 5.16 Å². The fraction of sp³-hybridized carbons (Fsp3) is 0.286. The Morgan fingerprint density at radius 2 is 2.16 bits per heavy atom. The molecule has 19 heavy (non-hydrogen) atoms. The number of aromatic nitrogens is 2. The molecule has 1 aromatic carbocycles. The molecule has 0 aliphatic rings. The zero-order valence-electron chi connectivity index (χ0n) is 10.7. The van der Waals surface area contributed by atoms with E-state index in [2.05, 4.69) is 4.98 Å². The summed E-state index contributed by atoms with van der Waals surface area (Å²) in [6.07, 6.45) is 4.12. The molecule has 100 valence electrons. The number of aryl methyl sites for hydroxylation is 1. The first-order valence-electron chi connectivity index (χ1n) is 6.03. The van der Waals surface area contributed by atoms with Gasteiger partial charge in [0, 0.05) is 25.2 Å². The average Bonchev–Trinajstić information content (AvgIpc) is 2.81. The van der Waals surface area contributed by atoms with Crippen LogP contribution in [-0.4, -0.2) is 26.4 Å². The first-order valence-corrected chi connectivity index (χ1v) is 7.02. The molecular weight excluding hydrogens is 260 g/mol. The summed E-state index contributed by atoms with van der Waals surface area (Å²) in [5, 5.41) is 10.1. The van der Waals surface area contributed by atoms with E-state index in [0.717, 1.165) is 10.7 Å². The van der Waals surface area contributed by atoms with E-state index in [4.69, 9.17) is 0 Å². The van der Waals surface area contributed by atoms with E-state index >= 15 is 0 Å². The van der Waals surface area contributed by atoms with Crippen LogP contribution in [0.3, 0.4) is 0 Å². The van der Waals surface area contributed by atoms with Crippen molar-refractivity contribution in [3.05, 3.63) is 48.3 Å². The summed E-state index contributed by atoms with van der Waals surface area (Å²) in [5.41, 5.74) is 1.05. The van der Waals surface area contributed by atoms with Crippen LogP contribution in [0.5, 0.6) is 0 Å². The van der Waals surface area contributed by atoms with E-state index in [1.807, 2.05) is 48.1 Å². The lowest BCUT2D eigenvalue weighted by molar-refractivity contribution is -0.140. The molecule has 0 saturated carbocycles. The topological polar surface area (TPSA) is 55.1 Å². The third-order valence-corrected chi connectivity index (χ3v) is 4.09. The zero-order valence-corrected chi connectivity index (χ0v) is 11.5. The van der Waals surface area contributed by atoms with E-state index in [-0.39, 0.29) is 0 Å². The van der Waals surface area contributed by atoms with Crippen molar-refractivity contribution in [2.24, 2.45) is 13.0 Å². The fourth-order valence-corrected chi connectivity index (χ4v) is 2.79. The van der Waals surface area contributed by atoms with Gasteiger partial charge in [0.05, 0.1) is 5.92 Å². The third kappa shape index (κ3) is 3.86. The van der Waals surface area contributed by atoms with Crippen LogP contribution in [0.25, 0.3) is 0 Å². The van der Waals surface area contributed by atoms with Crippen molar-refractivity contribution in [3.63, 3.8) is 0 Å². The minimum atomic E-state index is -0.759. The molecule has 0 radical (unpaired) electrons. The van der Waals surface area contributed by atoms with Crippen LogP contribution < -0.4 is 0 Å². The smallest absolute Gasteiger partial charge is 0.307 e. The highest BCUT2D eigenvalue weighted by Gasteiger charge is 2.19. The number of carboxylic acid groups (broad SMARTS) is 1. The number of aliphatic carboxylic acids is 1. The average molecular weight is 276 g/mol. The van der Waals surface area contributed by atoms with Crippen molar-refractivity contribution >= 4 is 17.7 Å². The Morgan fingerprint density at radius 1 is 1.42 bits per heavy atom. The quantitative estimate of drug-likeness (QED) is 0.823. The van der Waals surface area contributed by atoms with Crippen molar-refractivity contribution in [2.75, 3.05) is 5.75 Å². The number of hydrogen-bond acceptors (Lipinski definition) is 3. The lowest BCUT2D eigenvalue weighted by atomic mass is 10.0. The predicted octanol–water partition coefficient (Wildman–Crippen LogP) is 2.46. The highest BCUT2D eigenvalue weighted by molar-refractivity contribution is 7.99. The van der Waals surface area contributed by atoms with Crippen molar-refractivity contribution < 1.29 is 9.90 Å². The largest absolute Gasteiger partial charge is 0.481 e. The van der Waals surface area contributed by atoms with Crippen LogP contribution in [0.4, 0.5) is 0 Å². The second kappa shape index (κ2) is 6.43. The lowest BCUT2D eigenvalue weighted by Crippen LogP contribution is -2.19. The monoisotopic (exact) mass is 276 g/mol. The zero-order chi connectivity index (χ0) is 13.7. The maximum Gasteiger partial charge on any atom is 0.307 e. The maximum atomic E-state index is 11.3. The molecule has 2 rings (SSSR count). The Labute approximate surface area is 116 Å². The van der Waals surface area contributed by atoms with E-state index in [0.29, 0.717) is 12.2 Å². The van der Waals surface area contributed by atoms with Gasteiger partial charge < -0.3 is 9.67 Å². The number of hydrogen-bond donors (Lipinski definition) is 1. The van der Waals surface area contributed by atoms with Crippen LogP contribution in [-0.2, 0) is 18.3 Å². The third-order valence-electron chi connectivity index (χ3n) is 2.86. The Hall–Kier alpha value is -1.75. The van der Waals surface area contributed by atoms with Gasteiger partial charge in [0.1, 0.15) is 0 Å². The number of carbonyl (C=O) groups is 1. The molecule has 0 saturated heterocycles. The normalized spacial score (nSPS) is 12.3. The molecule has 1 heterocycles. The molecule has 1 unspecified atom stereocenters. The van der Waals surface area contributed by atoms with Crippen LogP contribution in [0, 0.1) is 5.92 Å². The van der Waals surface area contributed by atoms with E-state index in [1.165, 1.54) is 11.8 Å². The van der Waals surface area contributed by atoms with Gasteiger partial charge in [-0.25, -0.2) is 4.98 Å². The molecule has 0 aliphatic carbocycles. The molecule has 2 aromatic rings. The highest BCUT2D eigenvalue weighted by Crippen LogP contribution is 2.21. The van der Waals surface area contributed by atoms with Crippen LogP contribution in [0.2, 0.25) is 0 Å². The number of nitrogens with zero attached hydrogens (tertiary/aromatic N) is 2. The highest BCUT2D eigenvalue weighted by atomic mass is 32.2. The lowest BCUT2D eigenvalue weighted by Gasteiger charge is -2.11. The summed E-state index contributed by atoms with van der Waals surface area (Å²) in [4.78, 5) is 15.5. The standard InChI is InChI=1S/C14H16N2O2S/c1-16-8-7-15-14(16)19-10-12(13(17)18)9-11-5-3-2-4-6-11/h2-8,12H,9-10H2,1H3,(H,17,18). The van der Waals surface area contributed by atoms with Gasteiger partial charge in [-0.05, 0) is 12.0 Å². The minimum absolute atomic E-state index is 0.399. The van der Waals surface area contributed by atoms with Crippen LogP contribution in [0.1, 0.15) is 5.56 Å². The Kier molecular flexibility index (Phi) is 4.63. The molecule has 1 aromatic heterocycles. The van der Waals surface area contributed by atoms with Crippen molar-refractivity contribution in [1.82, 2.24) is 9.55 Å². The summed E-state index contributed by atoms with van der Waals surface area (Å²) >= 11 is 1.48. The molecule has 5 heteroatoms. The van der Waals surface area contributed by atoms with E-state index in [1.54, 1.807) is 6.20 Å². The van der Waals surface area contributed by atoms with Gasteiger partial charge in [-0.3, -0.25) is 4.79 Å². The number of imidazole rings is 1. The summed E-state index contributed by atoms with van der Waals surface area (Å²) < 4.78 is 1.89. The second-order valence-corrected chi connectivity index (χ2v) is 5.34. The van der Waals surface area contributed by atoms with E-state index in [9.17, 15) is 9.90 Å². The van der Waals surface area contributed by atoms with Crippen molar-refractivity contribution in [1.29, 1.82) is 0 Å². The molecular formula is C14H16N2O2S. The van der Waals surface area contributed by atoms with Gasteiger partial charge >= 0.3 is 5.97 Å². The van der Waals surface area contributed by atoms with Gasteiger partial charge in [-0.15, -0.1) is 0 Å². The van der Waals surface area contributed by atoms with Crippen LogP contribution in [0.15, 0.2) is 47.9 Å². The Balaban J connectivity index is 1.97. The van der Waals surface area contributed by atoms with Crippen molar-refractivity contribution in [2.45, 2.75) is 11.6 Å². The van der Waals surface area contributed by atoms with Gasteiger partial charge in [0.25, 0.3) is 0 Å². The van der Waals surface area contributed by atoms with Gasteiger partial charge in [-0.2, -0.15) is 0 Å². The summed E-state index contributed by atoms with van der Waals surface area (Å²) in [6.45, 7) is 0. The maximum absolute atomic E-state index is 11.3. The minimum Gasteiger partial charge on any atom is -0.481 e. The summed E-state index contributed by atoms with van der Waals surface area (Å²) in [7, 11) is 1.91. The molecule has 4 nitrogen and oxygen atoms in total. The van der Waals surface area contributed by atoms with Crippen LogP contribution >= 0.6 is 11.8 Å². The number of benzene rings is 1. The SMILES string of the molecule is Cn1ccnc1SCC(Cc1ccccc1)C(=O)O. The molecule has 0 amide bonds. The molecule has 0 spiro atoms. The predicted molar refractivity (Wildman–Crippen MR) is 75.2 cm³/mol. The number of rotatable bonds is 6. The fourth-order valence-electron chi connectivity index (χ4n) is 1.78.